The van der Waals surface area contributed by atoms with Crippen LogP contribution in [-0.4, -0.2) is 52.0 Å². The van der Waals surface area contributed by atoms with E-state index in [0.717, 1.165) is 46.5 Å². The van der Waals surface area contributed by atoms with Gasteiger partial charge in [0.1, 0.15) is 0 Å². The van der Waals surface area contributed by atoms with E-state index in [4.69, 9.17) is 9.47 Å². The molecular formula is C44H48N2O5. The number of hydrogen-bond acceptors (Lipinski definition) is 6. The Morgan fingerprint density at radius 3 is 2.06 bits per heavy atom. The molecule has 7 heteroatoms. The molecule has 3 heterocycles. The Bertz CT molecular complexity index is 1900. The van der Waals surface area contributed by atoms with Crippen molar-refractivity contribution in [2.45, 2.75) is 84.6 Å². The molecule has 0 spiro atoms. The van der Waals surface area contributed by atoms with Crippen molar-refractivity contribution in [1.82, 2.24) is 9.80 Å². The lowest BCUT2D eigenvalue weighted by Gasteiger charge is -2.43. The van der Waals surface area contributed by atoms with Crippen molar-refractivity contribution < 1.29 is 24.2 Å². The fourth-order valence-electron chi connectivity index (χ4n) is 9.66. The second-order valence-corrected chi connectivity index (χ2v) is 16.5. The molecular weight excluding hydrogens is 636 g/mol. The zero-order valence-electron chi connectivity index (χ0n) is 30.0. The third-order valence-electron chi connectivity index (χ3n) is 11.8. The summed E-state index contributed by atoms with van der Waals surface area (Å²) in [6.45, 7) is 11.7. The number of rotatable bonds is 8. The van der Waals surface area contributed by atoms with Gasteiger partial charge in [0.15, 0.2) is 6.29 Å². The fourth-order valence-corrected chi connectivity index (χ4v) is 9.66. The van der Waals surface area contributed by atoms with Gasteiger partial charge in [0.2, 0.25) is 0 Å². The summed E-state index contributed by atoms with van der Waals surface area (Å²) in [6, 6.07) is 31.9. The summed E-state index contributed by atoms with van der Waals surface area (Å²) in [5.74, 6) is -0.394. The molecule has 6 atom stereocenters. The molecule has 6 unspecified atom stereocenters. The van der Waals surface area contributed by atoms with Crippen molar-refractivity contribution in [2.75, 3.05) is 13.1 Å². The first-order valence-corrected chi connectivity index (χ1v) is 18.4. The van der Waals surface area contributed by atoms with Gasteiger partial charge >= 0.3 is 0 Å². The molecule has 7 nitrogen and oxygen atoms in total. The minimum absolute atomic E-state index is 0.00889. The van der Waals surface area contributed by atoms with Crippen molar-refractivity contribution in [2.24, 2.45) is 16.7 Å². The number of carbonyl (C=O) groups is 2. The van der Waals surface area contributed by atoms with Crippen LogP contribution < -0.4 is 0 Å². The Labute approximate surface area is 301 Å². The molecule has 2 saturated heterocycles. The SMILES string of the molecule is CC1C(CN2CC3(C)CC2CC(C)(C)C3)OC(c2ccc(-c3ccccc3CN3C(=O)c4ccccc4C3=O)cc2)OC1c1ccc(CO)cc1. The molecule has 0 radical (unpaired) electrons. The van der Waals surface area contributed by atoms with Crippen molar-refractivity contribution in [3.63, 3.8) is 0 Å². The average molecular weight is 685 g/mol. The molecule has 2 bridgehead atoms. The second-order valence-electron chi connectivity index (χ2n) is 16.5. The van der Waals surface area contributed by atoms with E-state index in [0.29, 0.717) is 28.0 Å². The van der Waals surface area contributed by atoms with Crippen LogP contribution in [0.2, 0.25) is 0 Å². The average Bonchev–Trinajstić information content (AvgIpc) is 3.51. The molecule has 264 valence electrons. The van der Waals surface area contributed by atoms with Crippen molar-refractivity contribution in [3.8, 4) is 11.1 Å². The van der Waals surface area contributed by atoms with E-state index in [1.54, 1.807) is 24.3 Å². The first-order valence-electron chi connectivity index (χ1n) is 18.4. The maximum atomic E-state index is 13.2. The minimum Gasteiger partial charge on any atom is -0.392 e. The highest BCUT2D eigenvalue weighted by Crippen LogP contribution is 2.53. The lowest BCUT2D eigenvalue weighted by molar-refractivity contribution is -0.276. The standard InChI is InChI=1S/C44H48N2O5/c1-28-38(24-45-27-44(4)22-34(45)21-43(2,3)26-44)50-42(51-39(28)31-15-13-29(25-47)14-16-31)32-19-17-30(18-20-32)35-10-6-5-9-33(35)23-46-40(48)36-11-7-8-12-37(36)41(46)49/h5-20,28,34,38-39,42,47H,21-27H2,1-4H3. The predicted octanol–water partition coefficient (Wildman–Crippen LogP) is 8.33. The summed E-state index contributed by atoms with van der Waals surface area (Å²) in [5.41, 5.74) is 7.37. The van der Waals surface area contributed by atoms with Gasteiger partial charge in [0.25, 0.3) is 11.8 Å². The second kappa shape index (κ2) is 13.1. The highest BCUT2D eigenvalue weighted by atomic mass is 16.7. The molecule has 51 heavy (non-hydrogen) atoms. The number of carbonyl (C=O) groups excluding carboxylic acids is 2. The number of nitrogens with zero attached hydrogens (tertiary/aromatic N) is 2. The highest BCUT2D eigenvalue weighted by Gasteiger charge is 2.51. The van der Waals surface area contributed by atoms with Gasteiger partial charge in [0.05, 0.1) is 36.5 Å². The summed E-state index contributed by atoms with van der Waals surface area (Å²) >= 11 is 0. The van der Waals surface area contributed by atoms with Crippen LogP contribution in [0.15, 0.2) is 97.1 Å². The minimum atomic E-state index is -0.551. The van der Waals surface area contributed by atoms with Crippen LogP contribution in [-0.2, 0) is 22.6 Å². The zero-order chi connectivity index (χ0) is 35.5. The van der Waals surface area contributed by atoms with Gasteiger partial charge in [-0.3, -0.25) is 19.4 Å². The Morgan fingerprint density at radius 1 is 0.765 bits per heavy atom. The number of aliphatic hydroxyl groups is 1. The lowest BCUT2D eigenvalue weighted by Crippen LogP contribution is -2.46. The largest absolute Gasteiger partial charge is 0.392 e. The predicted molar refractivity (Wildman–Crippen MR) is 197 cm³/mol. The number of hydrogen-bond donors (Lipinski definition) is 1. The molecule has 0 aromatic heterocycles. The van der Waals surface area contributed by atoms with Crippen LogP contribution in [0, 0.1) is 16.7 Å². The van der Waals surface area contributed by atoms with Crippen LogP contribution in [0.3, 0.4) is 0 Å². The molecule has 3 fully saturated rings. The maximum absolute atomic E-state index is 13.2. The van der Waals surface area contributed by atoms with Gasteiger partial charge in [-0.15, -0.1) is 0 Å². The van der Waals surface area contributed by atoms with E-state index in [-0.39, 0.29) is 43.1 Å². The summed E-state index contributed by atoms with van der Waals surface area (Å²) < 4.78 is 13.7. The molecule has 1 N–H and O–H groups in total. The highest BCUT2D eigenvalue weighted by molar-refractivity contribution is 6.21. The normalized spacial score (nSPS) is 28.6. The Morgan fingerprint density at radius 2 is 1.39 bits per heavy atom. The van der Waals surface area contributed by atoms with Gasteiger partial charge < -0.3 is 14.6 Å². The third kappa shape index (κ3) is 6.46. The van der Waals surface area contributed by atoms with Crippen molar-refractivity contribution in [1.29, 1.82) is 0 Å². The maximum Gasteiger partial charge on any atom is 0.261 e. The molecule has 3 aliphatic heterocycles. The van der Waals surface area contributed by atoms with Gasteiger partial charge in [-0.25, -0.2) is 0 Å². The lowest BCUT2D eigenvalue weighted by atomic mass is 9.65. The number of likely N-dealkylation sites (tertiary alicyclic amines) is 1. The van der Waals surface area contributed by atoms with Crippen molar-refractivity contribution in [3.05, 3.63) is 130 Å². The fraction of sp³-hybridized carbons (Fsp3) is 0.409. The van der Waals surface area contributed by atoms with E-state index in [2.05, 4.69) is 69.0 Å². The van der Waals surface area contributed by atoms with Crippen molar-refractivity contribution >= 4 is 11.8 Å². The first-order chi connectivity index (χ1) is 24.5. The van der Waals surface area contributed by atoms with E-state index in [1.165, 1.54) is 24.2 Å². The first kappa shape index (κ1) is 34.0. The molecule has 4 aliphatic rings. The van der Waals surface area contributed by atoms with E-state index in [1.807, 2.05) is 36.4 Å². The monoisotopic (exact) mass is 684 g/mol. The van der Waals surface area contributed by atoms with Gasteiger partial charge in [-0.2, -0.15) is 0 Å². The quantitative estimate of drug-likeness (QED) is 0.188. The Balaban J connectivity index is 1.05. The summed E-state index contributed by atoms with van der Waals surface area (Å²) in [6.07, 6.45) is 2.97. The summed E-state index contributed by atoms with van der Waals surface area (Å²) in [4.78, 5) is 30.4. The Kier molecular flexibility index (Phi) is 8.74. The van der Waals surface area contributed by atoms with E-state index < -0.39 is 6.29 Å². The molecule has 1 saturated carbocycles. The number of ether oxygens (including phenoxy) is 2. The van der Waals surface area contributed by atoms with Gasteiger partial charge in [0, 0.05) is 30.6 Å². The summed E-state index contributed by atoms with van der Waals surface area (Å²) in [5, 5.41) is 9.68. The number of imide groups is 1. The van der Waals surface area contributed by atoms with Crippen LogP contribution in [0.25, 0.3) is 11.1 Å². The molecule has 2 amide bonds. The van der Waals surface area contributed by atoms with E-state index >= 15 is 0 Å². The van der Waals surface area contributed by atoms with Crippen LogP contribution in [0.5, 0.6) is 0 Å². The topological polar surface area (TPSA) is 79.3 Å². The van der Waals surface area contributed by atoms with Gasteiger partial charge in [-0.05, 0) is 70.0 Å². The molecule has 8 rings (SSSR count). The smallest absolute Gasteiger partial charge is 0.261 e. The van der Waals surface area contributed by atoms with Crippen LogP contribution in [0.4, 0.5) is 0 Å². The zero-order valence-corrected chi connectivity index (χ0v) is 30.0. The molecule has 4 aromatic rings. The number of aliphatic hydroxyl groups excluding tert-OH is 1. The third-order valence-corrected chi connectivity index (χ3v) is 11.8. The molecule has 1 aliphatic carbocycles. The number of fused-ring (bicyclic) bond motifs is 3. The number of benzene rings is 4. The van der Waals surface area contributed by atoms with Gasteiger partial charge in [-0.1, -0.05) is 113 Å². The summed E-state index contributed by atoms with van der Waals surface area (Å²) in [7, 11) is 0. The molecule has 4 aromatic carbocycles. The number of amides is 2. The van der Waals surface area contributed by atoms with Crippen LogP contribution >= 0.6 is 0 Å². The van der Waals surface area contributed by atoms with E-state index in [9.17, 15) is 14.7 Å². The Hall–Kier alpha value is -4.14. The van der Waals surface area contributed by atoms with Crippen LogP contribution in [0.1, 0.15) is 102 Å².